The zero-order valence-corrected chi connectivity index (χ0v) is 15.1. The molecule has 1 N–H and O–H groups in total. The Balaban J connectivity index is 1.38. The van der Waals surface area contributed by atoms with Crippen LogP contribution in [0.25, 0.3) is 0 Å². The third-order valence-corrected chi connectivity index (χ3v) is 6.35. The Morgan fingerprint density at radius 3 is 2.96 bits per heavy atom. The van der Waals surface area contributed by atoms with Gasteiger partial charge in [-0.15, -0.1) is 0 Å². The van der Waals surface area contributed by atoms with Crippen LogP contribution in [-0.2, 0) is 16.0 Å². The van der Waals surface area contributed by atoms with Crippen LogP contribution in [-0.4, -0.2) is 71.1 Å². The van der Waals surface area contributed by atoms with Crippen molar-refractivity contribution in [2.75, 3.05) is 39.4 Å². The number of rotatable bonds is 4. The van der Waals surface area contributed by atoms with Gasteiger partial charge in [0.2, 0.25) is 5.91 Å². The fraction of sp³-hybridized carbons (Fsp3) is 0.789. The van der Waals surface area contributed by atoms with E-state index in [1.54, 1.807) is 6.33 Å². The smallest absolute Gasteiger partial charge is 0.222 e. The quantitative estimate of drug-likeness (QED) is 0.904. The van der Waals surface area contributed by atoms with E-state index in [1.807, 2.05) is 6.20 Å². The summed E-state index contributed by atoms with van der Waals surface area (Å²) in [6.45, 7) is 5.92. The summed E-state index contributed by atoms with van der Waals surface area (Å²) in [6.07, 6.45) is 11.1. The Labute approximate surface area is 149 Å². The molecule has 25 heavy (non-hydrogen) atoms. The number of ether oxygens (including phenoxy) is 1. The van der Waals surface area contributed by atoms with Gasteiger partial charge in [0, 0.05) is 69.0 Å². The van der Waals surface area contributed by atoms with Gasteiger partial charge in [0.05, 0.1) is 6.33 Å². The summed E-state index contributed by atoms with van der Waals surface area (Å²) in [5, 5.41) is 0. The van der Waals surface area contributed by atoms with Gasteiger partial charge in [0.25, 0.3) is 0 Å². The van der Waals surface area contributed by atoms with Crippen molar-refractivity contribution in [3.63, 3.8) is 0 Å². The lowest BCUT2D eigenvalue weighted by Crippen LogP contribution is -2.56. The maximum Gasteiger partial charge on any atom is 0.222 e. The molecule has 0 aliphatic carbocycles. The van der Waals surface area contributed by atoms with Crippen LogP contribution in [0, 0.1) is 5.41 Å². The number of carbonyl (C=O) groups is 1. The summed E-state index contributed by atoms with van der Waals surface area (Å²) >= 11 is 0. The SMILES string of the molecule is O=C1CC[C@]2(CCCN(C3CCOCC3)C2)CN1CCc1cnc[nH]1. The number of nitrogens with zero attached hydrogens (tertiary/aromatic N) is 3. The molecule has 3 aliphatic heterocycles. The molecule has 0 bridgehead atoms. The molecule has 1 aromatic heterocycles. The number of hydrogen-bond acceptors (Lipinski definition) is 4. The van der Waals surface area contributed by atoms with Crippen molar-refractivity contribution < 1.29 is 9.53 Å². The molecule has 0 saturated carbocycles. The number of piperidine rings is 2. The van der Waals surface area contributed by atoms with Crippen molar-refractivity contribution in [1.29, 1.82) is 0 Å². The van der Waals surface area contributed by atoms with E-state index >= 15 is 0 Å². The van der Waals surface area contributed by atoms with Crippen molar-refractivity contribution >= 4 is 5.91 Å². The monoisotopic (exact) mass is 346 g/mol. The average Bonchev–Trinajstić information content (AvgIpc) is 3.17. The average molecular weight is 346 g/mol. The number of aromatic nitrogens is 2. The van der Waals surface area contributed by atoms with E-state index in [-0.39, 0.29) is 0 Å². The molecule has 0 unspecified atom stereocenters. The van der Waals surface area contributed by atoms with E-state index in [1.165, 1.54) is 32.2 Å². The number of likely N-dealkylation sites (tertiary alicyclic amines) is 2. The summed E-state index contributed by atoms with van der Waals surface area (Å²) in [4.78, 5) is 24.5. The zero-order valence-electron chi connectivity index (χ0n) is 15.1. The first-order valence-corrected chi connectivity index (χ1v) is 9.81. The molecule has 6 heteroatoms. The van der Waals surface area contributed by atoms with Crippen LogP contribution in [0.5, 0.6) is 0 Å². The first-order valence-electron chi connectivity index (χ1n) is 9.81. The summed E-state index contributed by atoms with van der Waals surface area (Å²) in [5.41, 5.74) is 1.42. The number of nitrogens with one attached hydrogen (secondary N) is 1. The molecule has 3 aliphatic rings. The van der Waals surface area contributed by atoms with Gasteiger partial charge in [-0.05, 0) is 38.6 Å². The Morgan fingerprint density at radius 2 is 2.16 bits per heavy atom. The van der Waals surface area contributed by atoms with Gasteiger partial charge in [-0.1, -0.05) is 0 Å². The highest BCUT2D eigenvalue weighted by Gasteiger charge is 2.42. The van der Waals surface area contributed by atoms with E-state index in [4.69, 9.17) is 4.74 Å². The molecule has 3 fully saturated rings. The highest BCUT2D eigenvalue weighted by Crippen LogP contribution is 2.40. The maximum absolute atomic E-state index is 12.4. The lowest BCUT2D eigenvalue weighted by atomic mass is 9.73. The van der Waals surface area contributed by atoms with E-state index in [9.17, 15) is 4.79 Å². The third-order valence-electron chi connectivity index (χ3n) is 6.35. The second kappa shape index (κ2) is 7.46. The second-order valence-corrected chi connectivity index (χ2v) is 8.06. The van der Waals surface area contributed by atoms with E-state index in [0.29, 0.717) is 23.8 Å². The molecule has 0 radical (unpaired) electrons. The van der Waals surface area contributed by atoms with Crippen LogP contribution in [0.15, 0.2) is 12.5 Å². The second-order valence-electron chi connectivity index (χ2n) is 8.06. The molecule has 6 nitrogen and oxygen atoms in total. The largest absolute Gasteiger partial charge is 0.381 e. The van der Waals surface area contributed by atoms with Crippen LogP contribution in [0.4, 0.5) is 0 Å². The van der Waals surface area contributed by atoms with Crippen molar-refractivity contribution in [3.05, 3.63) is 18.2 Å². The molecule has 138 valence electrons. The Bertz CT molecular complexity index is 570. The number of aromatic amines is 1. The first kappa shape index (κ1) is 17.0. The van der Waals surface area contributed by atoms with Crippen molar-refractivity contribution in [1.82, 2.24) is 19.8 Å². The fourth-order valence-electron chi connectivity index (χ4n) is 4.92. The molecular weight excluding hydrogens is 316 g/mol. The first-order chi connectivity index (χ1) is 12.2. The van der Waals surface area contributed by atoms with E-state index in [0.717, 1.165) is 51.4 Å². The van der Waals surface area contributed by atoms with Gasteiger partial charge >= 0.3 is 0 Å². The zero-order chi connectivity index (χ0) is 17.1. The summed E-state index contributed by atoms with van der Waals surface area (Å²) < 4.78 is 5.54. The number of hydrogen-bond donors (Lipinski definition) is 1. The molecule has 1 amide bonds. The Morgan fingerprint density at radius 1 is 1.28 bits per heavy atom. The highest BCUT2D eigenvalue weighted by atomic mass is 16.5. The lowest BCUT2D eigenvalue weighted by Gasteiger charge is -2.50. The molecule has 1 aromatic rings. The normalized spacial score (nSPS) is 29.4. The molecular formula is C19H30N4O2. The van der Waals surface area contributed by atoms with Gasteiger partial charge in [0.1, 0.15) is 0 Å². The van der Waals surface area contributed by atoms with Crippen molar-refractivity contribution in [2.24, 2.45) is 5.41 Å². The topological polar surface area (TPSA) is 61.5 Å². The van der Waals surface area contributed by atoms with Crippen molar-refractivity contribution in [2.45, 2.75) is 51.0 Å². The number of amides is 1. The summed E-state index contributed by atoms with van der Waals surface area (Å²) in [5.74, 6) is 0.327. The predicted octanol–water partition coefficient (Wildman–Crippen LogP) is 1.84. The number of H-pyrrole nitrogens is 1. The highest BCUT2D eigenvalue weighted by molar-refractivity contribution is 5.77. The van der Waals surface area contributed by atoms with E-state index in [2.05, 4.69) is 19.8 Å². The number of imidazole rings is 1. The molecule has 1 spiro atoms. The minimum atomic E-state index is 0.304. The number of carbonyl (C=O) groups excluding carboxylic acids is 1. The van der Waals surface area contributed by atoms with Crippen molar-refractivity contribution in [3.8, 4) is 0 Å². The van der Waals surface area contributed by atoms with Gasteiger partial charge in [-0.25, -0.2) is 4.98 Å². The molecule has 3 saturated heterocycles. The van der Waals surface area contributed by atoms with Crippen LogP contribution in [0.2, 0.25) is 0 Å². The predicted molar refractivity (Wildman–Crippen MR) is 95.2 cm³/mol. The summed E-state index contributed by atoms with van der Waals surface area (Å²) in [6, 6.07) is 0.682. The van der Waals surface area contributed by atoms with Crippen LogP contribution in [0.3, 0.4) is 0 Å². The third kappa shape index (κ3) is 3.90. The van der Waals surface area contributed by atoms with Gasteiger partial charge < -0.3 is 14.6 Å². The van der Waals surface area contributed by atoms with E-state index < -0.39 is 0 Å². The lowest BCUT2D eigenvalue weighted by molar-refractivity contribution is -0.140. The maximum atomic E-state index is 12.4. The minimum absolute atomic E-state index is 0.304. The standard InChI is InChI=1S/C19H30N4O2/c24-18-2-7-19(14-23(18)9-3-16-12-20-15-21-16)6-1-8-22(13-19)17-4-10-25-11-5-17/h12,15,17H,1-11,13-14H2,(H,20,21)/t19-/m0/s1. The minimum Gasteiger partial charge on any atom is -0.381 e. The van der Waals surface area contributed by atoms with Crippen LogP contribution in [0.1, 0.15) is 44.2 Å². The van der Waals surface area contributed by atoms with Gasteiger partial charge in [-0.2, -0.15) is 0 Å². The van der Waals surface area contributed by atoms with Gasteiger partial charge in [-0.3, -0.25) is 9.69 Å². The Kier molecular flexibility index (Phi) is 5.08. The Hall–Kier alpha value is -1.40. The van der Waals surface area contributed by atoms with Crippen LogP contribution >= 0.6 is 0 Å². The molecule has 4 heterocycles. The molecule has 1 atom stereocenters. The fourth-order valence-corrected chi connectivity index (χ4v) is 4.92. The molecule has 0 aromatic carbocycles. The molecule has 4 rings (SSSR count). The summed E-state index contributed by atoms with van der Waals surface area (Å²) in [7, 11) is 0. The van der Waals surface area contributed by atoms with Gasteiger partial charge in [0.15, 0.2) is 0 Å². The van der Waals surface area contributed by atoms with Crippen LogP contribution < -0.4 is 0 Å².